The van der Waals surface area contributed by atoms with E-state index in [1.54, 1.807) is 0 Å². The molecular weight excluding hydrogens is 1370 g/mol. The van der Waals surface area contributed by atoms with Crippen molar-refractivity contribution in [2.45, 2.75) is 147 Å². The van der Waals surface area contributed by atoms with E-state index in [1.807, 2.05) is 129 Å². The van der Waals surface area contributed by atoms with E-state index in [1.165, 1.54) is 113 Å². The number of nitrogens with zero attached hydrogens (tertiary/aromatic N) is 6. The summed E-state index contributed by atoms with van der Waals surface area (Å²) in [6.07, 6.45) is 21.8. The number of halogens is 6. The predicted octanol–water partition coefficient (Wildman–Crippen LogP) is 19.8. The van der Waals surface area contributed by atoms with E-state index in [9.17, 15) is 14.4 Å². The van der Waals surface area contributed by atoms with Crippen molar-refractivity contribution in [1.29, 1.82) is 0 Å². The lowest BCUT2D eigenvalue weighted by molar-refractivity contribution is 0.0657. The number of fused-ring (bicyclic) bond motifs is 2. The molecule has 2 aromatic heterocycles. The number of aromatic amines is 2. The topological polar surface area (TPSA) is 114 Å². The molecule has 12 nitrogen and oxygen atoms in total. The number of aryl methyl sites for hydroxylation is 1. The maximum Gasteiger partial charge on any atom is 0.251 e. The third-order valence-corrected chi connectivity index (χ3v) is 24.5. The number of aromatic nitrogens is 2. The summed E-state index contributed by atoms with van der Waals surface area (Å²) < 4.78 is 0. The van der Waals surface area contributed by atoms with Gasteiger partial charge in [0.1, 0.15) is 0 Å². The fourth-order valence-electron chi connectivity index (χ4n) is 16.5. The zero-order valence-electron chi connectivity index (χ0n) is 58.0. The van der Waals surface area contributed by atoms with Crippen LogP contribution >= 0.6 is 69.6 Å². The van der Waals surface area contributed by atoms with E-state index < -0.39 is 0 Å². The number of Topliss-reactive ketones (excluding diaryl/α,β-unsaturated/α-hetero) is 2. The fourth-order valence-corrected chi connectivity index (χ4v) is 17.5. The smallest absolute Gasteiger partial charge is 0.251 e. The zero-order chi connectivity index (χ0) is 69.5. The summed E-state index contributed by atoms with van der Waals surface area (Å²) in [7, 11) is 0. The number of H-pyrrole nitrogens is 2. The van der Waals surface area contributed by atoms with Gasteiger partial charge in [0.2, 0.25) is 0 Å². The Balaban J connectivity index is 0.000000177. The van der Waals surface area contributed by atoms with Gasteiger partial charge in [-0.05, 0) is 287 Å². The molecule has 0 radical (unpaired) electrons. The molecule has 6 aliphatic rings. The summed E-state index contributed by atoms with van der Waals surface area (Å²) in [4.78, 5) is 60.2. The molecule has 14 rings (SSSR count). The van der Waals surface area contributed by atoms with Gasteiger partial charge in [0.25, 0.3) is 5.91 Å². The summed E-state index contributed by atoms with van der Waals surface area (Å²) in [5.41, 5.74) is 9.35. The molecule has 3 unspecified atom stereocenters. The standard InChI is InChI=1S/2C28H33Cl2N3O.C26H33Cl2N3O.3H2/c2*29-25-6-3-21(16-26(25)30)18-32-14-10-24(11-15-32)33-13-1-2-20(19-33)4-8-28(34)23-5-7-27-22(17-23)9-12-31-27;1-19-5-2-3-7-23(19)26(32)29-16-21-6-4-12-31(18-21)22-10-13-30(14-11-22)17-20-8-9-24(27)25(28)15-20;;;/h2*3,5-7,9,12,16-17,20,24,31H,1-2,4,8,10-11,13-15,18-19H2;2-3,5,7-9,15,21-22H,4,6,10-14,16-18H2,1H3,(H,29,32);3*1H. The van der Waals surface area contributed by atoms with Crippen LogP contribution in [0.15, 0.2) is 140 Å². The van der Waals surface area contributed by atoms with Crippen LogP contribution in [0.1, 0.15) is 160 Å². The summed E-state index contributed by atoms with van der Waals surface area (Å²) in [6, 6.07) is 43.7. The predicted molar refractivity (Wildman–Crippen MR) is 421 cm³/mol. The first kappa shape index (κ1) is 74.4. The quantitative estimate of drug-likeness (QED) is 0.0642. The Labute approximate surface area is 627 Å². The van der Waals surface area contributed by atoms with E-state index in [-0.39, 0.29) is 21.8 Å². The molecular formula is C82H105Cl6N9O3. The van der Waals surface area contributed by atoms with Gasteiger partial charge < -0.3 is 25.1 Å². The number of likely N-dealkylation sites (tertiary alicyclic amines) is 6. The molecule has 6 aliphatic heterocycles. The highest BCUT2D eigenvalue weighted by Crippen LogP contribution is 2.33. The van der Waals surface area contributed by atoms with Crippen molar-refractivity contribution in [1.82, 2.24) is 44.7 Å². The van der Waals surface area contributed by atoms with Crippen LogP contribution in [0.4, 0.5) is 0 Å². The van der Waals surface area contributed by atoms with Crippen LogP contribution in [-0.2, 0) is 19.6 Å². The van der Waals surface area contributed by atoms with E-state index in [4.69, 9.17) is 69.6 Å². The number of hydrogen-bond donors (Lipinski definition) is 3. The van der Waals surface area contributed by atoms with Crippen LogP contribution in [0.5, 0.6) is 0 Å². The number of carbonyl (C=O) groups excluding carboxylic acids is 3. The maximum atomic E-state index is 12.8. The Morgan fingerprint density at radius 2 is 0.810 bits per heavy atom. The van der Waals surface area contributed by atoms with Crippen molar-refractivity contribution < 1.29 is 18.7 Å². The van der Waals surface area contributed by atoms with E-state index >= 15 is 0 Å². The second-order valence-electron chi connectivity index (χ2n) is 29.3. The molecule has 3 atom stereocenters. The molecule has 1 amide bonds. The normalized spacial score (nSPS) is 20.8. The fraction of sp³-hybridized carbons (Fsp3) is 0.476. The van der Waals surface area contributed by atoms with Gasteiger partial charge in [0, 0.05) is 132 Å². The van der Waals surface area contributed by atoms with Crippen molar-refractivity contribution in [3.8, 4) is 0 Å². The molecule has 0 bridgehead atoms. The molecule has 8 heterocycles. The second kappa shape index (κ2) is 36.4. The monoisotopic (exact) mass is 1470 g/mol. The van der Waals surface area contributed by atoms with E-state index in [2.05, 4.69) is 62.9 Å². The molecule has 0 spiro atoms. The number of nitrogens with one attached hydrogen (secondary N) is 3. The van der Waals surface area contributed by atoms with E-state index in [0.29, 0.717) is 78.9 Å². The van der Waals surface area contributed by atoms with Crippen molar-refractivity contribution in [3.05, 3.63) is 209 Å². The van der Waals surface area contributed by atoms with Crippen LogP contribution in [0.3, 0.4) is 0 Å². The van der Waals surface area contributed by atoms with E-state index in [0.717, 1.165) is 142 Å². The third kappa shape index (κ3) is 20.8. The Morgan fingerprint density at radius 3 is 1.20 bits per heavy atom. The zero-order valence-corrected chi connectivity index (χ0v) is 62.6. The molecule has 0 aliphatic carbocycles. The second-order valence-corrected chi connectivity index (χ2v) is 31.7. The molecule has 8 aromatic rings. The Hall–Kier alpha value is -5.29. The molecule has 18 heteroatoms. The molecule has 6 aromatic carbocycles. The van der Waals surface area contributed by atoms with Gasteiger partial charge in [-0.2, -0.15) is 0 Å². The van der Waals surface area contributed by atoms with Gasteiger partial charge in [0.05, 0.1) is 30.1 Å². The number of carbonyl (C=O) groups is 3. The lowest BCUT2D eigenvalue weighted by Crippen LogP contribution is -2.49. The van der Waals surface area contributed by atoms with Crippen LogP contribution in [0.2, 0.25) is 30.1 Å². The Bertz CT molecular complexity index is 3840. The number of hydrogen-bond acceptors (Lipinski definition) is 9. The molecule has 3 N–H and O–H groups in total. The number of ketones is 2. The minimum absolute atomic E-state index is 0. The lowest BCUT2D eigenvalue weighted by atomic mass is 9.89. The van der Waals surface area contributed by atoms with Gasteiger partial charge >= 0.3 is 0 Å². The van der Waals surface area contributed by atoms with Crippen molar-refractivity contribution in [3.63, 3.8) is 0 Å². The van der Waals surface area contributed by atoms with Crippen molar-refractivity contribution in [2.75, 3.05) is 85.1 Å². The number of benzene rings is 6. The first-order valence-electron chi connectivity index (χ1n) is 36.8. The summed E-state index contributed by atoms with van der Waals surface area (Å²) >= 11 is 36.7. The average molecular weight is 1480 g/mol. The summed E-state index contributed by atoms with van der Waals surface area (Å²) in [6.45, 7) is 19.2. The number of rotatable bonds is 20. The first-order valence-corrected chi connectivity index (χ1v) is 39.1. The summed E-state index contributed by atoms with van der Waals surface area (Å²) in [5.74, 6) is 2.39. The van der Waals surface area contributed by atoms with Crippen molar-refractivity contribution >= 4 is 109 Å². The van der Waals surface area contributed by atoms with Gasteiger partial charge in [-0.25, -0.2) is 0 Å². The number of amides is 1. The lowest BCUT2D eigenvalue weighted by Gasteiger charge is -2.42. The van der Waals surface area contributed by atoms with Crippen LogP contribution in [0, 0.1) is 24.7 Å². The average Bonchev–Trinajstić information content (AvgIpc) is 1.70. The first-order chi connectivity index (χ1) is 48.6. The van der Waals surface area contributed by atoms with Crippen LogP contribution in [-0.4, -0.2) is 160 Å². The van der Waals surface area contributed by atoms with Crippen LogP contribution in [0.25, 0.3) is 21.8 Å². The maximum absolute atomic E-state index is 12.8. The van der Waals surface area contributed by atoms with Gasteiger partial charge in [-0.15, -0.1) is 0 Å². The van der Waals surface area contributed by atoms with Crippen molar-refractivity contribution in [2.24, 2.45) is 17.8 Å². The SMILES string of the molecule is Cc1ccccc1C(=O)NCC1CCCN(C2CCN(Cc3ccc(Cl)c(Cl)c3)CC2)C1.O=C(CCC1CCCN(C2CCN(Cc3ccc(Cl)c(Cl)c3)CC2)C1)c1ccc2[nH]ccc2c1.O=C(CCC1CCCN(C2CCN(Cc3ccc(Cl)c(Cl)c3)CC2)C1)c1ccc2[nH]ccc2c1.[HH].[HH].[HH]. The highest BCUT2D eigenvalue weighted by atomic mass is 35.5. The molecule has 538 valence electrons. The number of piperidine rings is 6. The third-order valence-electron chi connectivity index (χ3n) is 22.3. The van der Waals surface area contributed by atoms with Gasteiger partial charge in [0.15, 0.2) is 11.6 Å². The summed E-state index contributed by atoms with van der Waals surface area (Å²) in [5, 5.41) is 9.16. The van der Waals surface area contributed by atoms with Gasteiger partial charge in [-0.3, -0.25) is 34.0 Å². The molecule has 6 saturated heterocycles. The molecule has 6 fully saturated rings. The molecule has 0 saturated carbocycles. The highest BCUT2D eigenvalue weighted by Gasteiger charge is 2.33. The largest absolute Gasteiger partial charge is 0.361 e. The Morgan fingerprint density at radius 1 is 0.430 bits per heavy atom. The minimum atomic E-state index is 0. The van der Waals surface area contributed by atoms with Gasteiger partial charge in [-0.1, -0.05) is 106 Å². The Kier molecular flexibility index (Phi) is 27.1. The minimum Gasteiger partial charge on any atom is -0.361 e. The van der Waals surface area contributed by atoms with Crippen LogP contribution < -0.4 is 5.32 Å². The highest BCUT2D eigenvalue weighted by molar-refractivity contribution is 6.43. The molecule has 100 heavy (non-hydrogen) atoms.